The second kappa shape index (κ2) is 4.71. The van der Waals surface area contributed by atoms with Crippen LogP contribution in [0.5, 0.6) is 0 Å². The van der Waals surface area contributed by atoms with Gasteiger partial charge in [-0.25, -0.2) is 4.98 Å². The van der Waals surface area contributed by atoms with E-state index in [1.54, 1.807) is 6.07 Å². The van der Waals surface area contributed by atoms with Crippen molar-refractivity contribution in [3.05, 3.63) is 47.7 Å². The first kappa shape index (κ1) is 12.6. The average molecular weight is 287 g/mol. The number of nitrogens with zero attached hydrogens (tertiary/aromatic N) is 4. The van der Waals surface area contributed by atoms with Gasteiger partial charge in [-0.1, -0.05) is 12.1 Å². The topological polar surface area (TPSA) is 68.1 Å². The Bertz CT molecular complexity index is 945. The van der Waals surface area contributed by atoms with Crippen molar-refractivity contribution in [1.29, 1.82) is 5.26 Å². The highest BCUT2D eigenvalue weighted by molar-refractivity contribution is 6.00. The van der Waals surface area contributed by atoms with Gasteiger partial charge in [-0.3, -0.25) is 4.99 Å². The summed E-state index contributed by atoms with van der Waals surface area (Å²) in [6, 6.07) is 11.8. The third-order valence-electron chi connectivity index (χ3n) is 3.88. The van der Waals surface area contributed by atoms with Crippen LogP contribution in [0.25, 0.3) is 22.3 Å². The number of H-pyrrole nitrogens is 1. The zero-order chi connectivity index (χ0) is 15.1. The number of hydrogen-bond donors (Lipinski definition) is 1. The van der Waals surface area contributed by atoms with Gasteiger partial charge in [0.1, 0.15) is 5.65 Å². The normalized spacial score (nSPS) is 13.2. The minimum absolute atomic E-state index is 0.649. The fraction of sp³-hybridized carbons (Fsp3) is 0.118. The summed E-state index contributed by atoms with van der Waals surface area (Å²) in [4.78, 5) is 14.2. The second-order valence-corrected chi connectivity index (χ2v) is 5.34. The van der Waals surface area contributed by atoms with Crippen molar-refractivity contribution in [3.63, 3.8) is 0 Å². The van der Waals surface area contributed by atoms with Crippen LogP contribution in [0.4, 0.5) is 5.69 Å². The number of anilines is 1. The summed E-state index contributed by atoms with van der Waals surface area (Å²) in [7, 11) is 1.99. The number of nitrogens with one attached hydrogen (secondary N) is 1. The maximum atomic E-state index is 9.05. The Kier molecular flexibility index (Phi) is 2.70. The first-order valence-electron chi connectivity index (χ1n) is 7.00. The molecule has 0 saturated heterocycles. The molecule has 106 valence electrons. The van der Waals surface area contributed by atoms with Gasteiger partial charge in [0.25, 0.3) is 0 Å². The monoisotopic (exact) mass is 287 g/mol. The van der Waals surface area contributed by atoms with E-state index in [-0.39, 0.29) is 0 Å². The fourth-order valence-corrected chi connectivity index (χ4v) is 2.87. The van der Waals surface area contributed by atoms with Gasteiger partial charge < -0.3 is 9.88 Å². The molecule has 5 heteroatoms. The Hall–Kier alpha value is -3.13. The molecule has 5 nitrogen and oxygen atoms in total. The lowest BCUT2D eigenvalue weighted by Gasteiger charge is -2.21. The molecule has 1 N–H and O–H groups in total. The van der Waals surface area contributed by atoms with Crippen molar-refractivity contribution in [2.45, 2.75) is 6.54 Å². The van der Waals surface area contributed by atoms with Crippen molar-refractivity contribution >= 4 is 23.1 Å². The number of rotatable bonds is 1. The van der Waals surface area contributed by atoms with Crippen LogP contribution in [0, 0.1) is 11.3 Å². The molecule has 1 aliphatic heterocycles. The number of hydrogen-bond acceptors (Lipinski definition) is 4. The van der Waals surface area contributed by atoms with Crippen LogP contribution < -0.4 is 4.90 Å². The van der Waals surface area contributed by atoms with Crippen molar-refractivity contribution in [2.75, 3.05) is 11.9 Å². The number of benzene rings is 1. The molecule has 0 aliphatic carbocycles. The molecule has 4 rings (SSSR count). The smallest absolute Gasteiger partial charge is 0.139 e. The van der Waals surface area contributed by atoms with Crippen LogP contribution in [0.15, 0.2) is 41.5 Å². The largest absolute Gasteiger partial charge is 0.339 e. The summed E-state index contributed by atoms with van der Waals surface area (Å²) < 4.78 is 0. The molecule has 0 bridgehead atoms. The molecule has 3 heterocycles. The second-order valence-electron chi connectivity index (χ2n) is 5.34. The molecule has 0 atom stereocenters. The molecule has 0 saturated carbocycles. The van der Waals surface area contributed by atoms with E-state index in [1.807, 2.05) is 42.7 Å². The molecular weight excluding hydrogens is 274 g/mol. The van der Waals surface area contributed by atoms with Crippen LogP contribution in [0.2, 0.25) is 0 Å². The molecule has 22 heavy (non-hydrogen) atoms. The Balaban J connectivity index is 1.92. The highest BCUT2D eigenvalue weighted by atomic mass is 15.2. The van der Waals surface area contributed by atoms with Crippen LogP contribution in [-0.2, 0) is 6.54 Å². The summed E-state index contributed by atoms with van der Waals surface area (Å²) in [5, 5.41) is 10.1. The quantitative estimate of drug-likeness (QED) is 0.747. The SMILES string of the molecule is CN1C=NCc2cnc3[nH]c(-c4cccc(C#N)c4)cc3c21. The maximum Gasteiger partial charge on any atom is 0.139 e. The first-order chi connectivity index (χ1) is 10.8. The molecule has 0 amide bonds. The Morgan fingerprint density at radius 1 is 1.32 bits per heavy atom. The lowest BCUT2D eigenvalue weighted by molar-refractivity contribution is 1.01. The number of nitriles is 1. The Morgan fingerprint density at radius 2 is 2.23 bits per heavy atom. The molecule has 1 aliphatic rings. The van der Waals surface area contributed by atoms with Crippen LogP contribution in [-0.4, -0.2) is 23.4 Å². The van der Waals surface area contributed by atoms with Gasteiger partial charge in [0.05, 0.1) is 30.2 Å². The van der Waals surface area contributed by atoms with E-state index in [0.717, 1.165) is 33.5 Å². The minimum Gasteiger partial charge on any atom is -0.339 e. The van der Waals surface area contributed by atoms with Crippen molar-refractivity contribution in [1.82, 2.24) is 9.97 Å². The van der Waals surface area contributed by atoms with E-state index in [4.69, 9.17) is 5.26 Å². The number of fused-ring (bicyclic) bond motifs is 3. The predicted octanol–water partition coefficient (Wildman–Crippen LogP) is 3.08. The van der Waals surface area contributed by atoms with Gasteiger partial charge in [-0.2, -0.15) is 5.26 Å². The van der Waals surface area contributed by atoms with Crippen LogP contribution in [0.1, 0.15) is 11.1 Å². The lowest BCUT2D eigenvalue weighted by Crippen LogP contribution is -2.20. The van der Waals surface area contributed by atoms with Gasteiger partial charge in [-0.05, 0) is 23.8 Å². The van der Waals surface area contributed by atoms with Crippen molar-refractivity contribution in [3.8, 4) is 17.3 Å². The van der Waals surface area contributed by atoms with Crippen molar-refractivity contribution < 1.29 is 0 Å². The predicted molar refractivity (Wildman–Crippen MR) is 86.8 cm³/mol. The van der Waals surface area contributed by atoms with E-state index < -0.39 is 0 Å². The zero-order valence-corrected chi connectivity index (χ0v) is 12.0. The van der Waals surface area contributed by atoms with E-state index in [1.165, 1.54) is 0 Å². The van der Waals surface area contributed by atoms with Gasteiger partial charge >= 0.3 is 0 Å². The highest BCUT2D eigenvalue weighted by Crippen LogP contribution is 2.34. The van der Waals surface area contributed by atoms with Gasteiger partial charge in [-0.15, -0.1) is 0 Å². The maximum absolute atomic E-state index is 9.05. The summed E-state index contributed by atoms with van der Waals surface area (Å²) in [5.41, 5.74) is 5.70. The minimum atomic E-state index is 0.649. The number of aliphatic imine (C=N–C) groups is 1. The van der Waals surface area contributed by atoms with E-state index in [2.05, 4.69) is 27.1 Å². The molecule has 0 spiro atoms. The summed E-state index contributed by atoms with van der Waals surface area (Å²) in [6.07, 6.45) is 3.71. The van der Waals surface area contributed by atoms with E-state index in [9.17, 15) is 0 Å². The first-order valence-corrected chi connectivity index (χ1v) is 7.00. The zero-order valence-electron chi connectivity index (χ0n) is 12.0. The lowest BCUT2D eigenvalue weighted by atomic mass is 10.1. The molecule has 2 aromatic heterocycles. The number of pyridine rings is 1. The molecular formula is C17H13N5. The molecule has 0 fully saturated rings. The summed E-state index contributed by atoms with van der Waals surface area (Å²) in [5.74, 6) is 0. The molecule has 0 radical (unpaired) electrons. The number of aromatic nitrogens is 2. The summed E-state index contributed by atoms with van der Waals surface area (Å²) in [6.45, 7) is 0.660. The third-order valence-corrected chi connectivity index (χ3v) is 3.88. The molecule has 3 aromatic rings. The van der Waals surface area contributed by atoms with Crippen molar-refractivity contribution in [2.24, 2.45) is 4.99 Å². The van der Waals surface area contributed by atoms with E-state index in [0.29, 0.717) is 12.1 Å². The Morgan fingerprint density at radius 3 is 3.09 bits per heavy atom. The van der Waals surface area contributed by atoms with Gasteiger partial charge in [0, 0.05) is 29.9 Å². The van der Waals surface area contributed by atoms with Gasteiger partial charge in [0.2, 0.25) is 0 Å². The van der Waals surface area contributed by atoms with Crippen LogP contribution in [0.3, 0.4) is 0 Å². The van der Waals surface area contributed by atoms with E-state index >= 15 is 0 Å². The molecule has 0 unspecified atom stereocenters. The summed E-state index contributed by atoms with van der Waals surface area (Å²) >= 11 is 0. The molecule has 1 aromatic carbocycles. The van der Waals surface area contributed by atoms with Gasteiger partial charge in [0.15, 0.2) is 0 Å². The standard InChI is InChI=1S/C17H13N5/c1-22-10-19-8-13-9-20-17-14(16(13)22)6-15(21-17)12-4-2-3-11(5-12)7-18/h2-6,9-10H,8H2,1H3,(H,20,21). The fourth-order valence-electron chi connectivity index (χ4n) is 2.87. The van der Waals surface area contributed by atoms with Crippen LogP contribution >= 0.6 is 0 Å². The Labute approximate surface area is 127 Å². The highest BCUT2D eigenvalue weighted by Gasteiger charge is 2.17. The average Bonchev–Trinajstić information content (AvgIpc) is 2.99. The third kappa shape index (κ3) is 1.85. The number of aromatic amines is 1.